The summed E-state index contributed by atoms with van der Waals surface area (Å²) in [6.07, 6.45) is 17.3. The fourth-order valence-corrected chi connectivity index (χ4v) is 7.19. The van der Waals surface area contributed by atoms with Gasteiger partial charge in [0.25, 0.3) is 0 Å². The van der Waals surface area contributed by atoms with Crippen LogP contribution in [-0.4, -0.2) is 22.2 Å². The van der Waals surface area contributed by atoms with Crippen LogP contribution in [0.2, 0.25) is 0 Å². The van der Waals surface area contributed by atoms with Crippen LogP contribution in [0.25, 0.3) is 0 Å². The van der Waals surface area contributed by atoms with E-state index in [2.05, 4.69) is 83.1 Å². The van der Waals surface area contributed by atoms with E-state index < -0.39 is 11.9 Å². The van der Waals surface area contributed by atoms with Gasteiger partial charge in [0.1, 0.15) is 0 Å². The molecule has 0 spiro atoms. The van der Waals surface area contributed by atoms with E-state index in [-0.39, 0.29) is 63.8 Å². The minimum Gasteiger partial charge on any atom is -0.872 e. The average molecular weight is 788 g/mol. The second kappa shape index (κ2) is 22.9. The summed E-state index contributed by atoms with van der Waals surface area (Å²) in [4.78, 5) is 23.4. The van der Waals surface area contributed by atoms with Crippen molar-refractivity contribution < 1.29 is 49.5 Å². The zero-order chi connectivity index (χ0) is 39.9. The molecule has 0 amide bonds. The number of hydrogen-bond donors (Lipinski definition) is 2. The molecule has 0 saturated carbocycles. The number of hydrogen-bond acceptors (Lipinski definition) is 4. The summed E-state index contributed by atoms with van der Waals surface area (Å²) in [5.74, 6) is -2.86. The molecule has 0 aliphatic carbocycles. The van der Waals surface area contributed by atoms with Gasteiger partial charge in [-0.1, -0.05) is 184 Å². The van der Waals surface area contributed by atoms with Gasteiger partial charge in [-0.15, -0.1) is 0 Å². The number of carboxylic acid groups (broad SMARTS) is 2. The van der Waals surface area contributed by atoms with Crippen molar-refractivity contribution in [2.45, 2.75) is 207 Å². The number of carbonyl (C=O) groups is 2. The Bertz CT molecular complexity index is 1310. The van der Waals surface area contributed by atoms with Crippen LogP contribution in [0.1, 0.15) is 229 Å². The second-order valence-corrected chi connectivity index (χ2v) is 17.8. The van der Waals surface area contributed by atoms with Crippen LogP contribution >= 0.6 is 0 Å². The number of rotatable bonds is 22. The van der Waals surface area contributed by atoms with Crippen molar-refractivity contribution in [2.75, 3.05) is 0 Å². The van der Waals surface area contributed by atoms with Gasteiger partial charge in [0, 0.05) is 0 Å². The van der Waals surface area contributed by atoms with Gasteiger partial charge < -0.3 is 20.4 Å². The van der Waals surface area contributed by atoms with Gasteiger partial charge in [-0.25, -0.2) is 9.59 Å². The molecule has 7 heteroatoms. The van der Waals surface area contributed by atoms with Crippen LogP contribution in [0, 0.1) is 0 Å². The predicted molar refractivity (Wildman–Crippen MR) is 214 cm³/mol. The minimum atomic E-state index is -1.12. The Balaban J connectivity index is 0.00000100. The van der Waals surface area contributed by atoms with Crippen molar-refractivity contribution in [1.29, 1.82) is 0 Å². The molecule has 2 aromatic rings. The molecule has 2 N–H and O–H groups in total. The van der Waals surface area contributed by atoms with E-state index in [0.717, 1.165) is 101 Å². The monoisotopic (exact) mass is 786 g/mol. The third-order valence-corrected chi connectivity index (χ3v) is 11.3. The molecule has 0 aliphatic rings. The molecule has 0 aliphatic heterocycles. The number of benzene rings is 2. The first-order valence-corrected chi connectivity index (χ1v) is 20.3. The van der Waals surface area contributed by atoms with Gasteiger partial charge in [0.15, 0.2) is 0 Å². The Morgan fingerprint density at radius 3 is 0.943 bits per heavy atom. The van der Waals surface area contributed by atoms with Gasteiger partial charge in [0.05, 0.1) is 11.1 Å². The topological polar surface area (TPSA) is 121 Å². The fourth-order valence-electron chi connectivity index (χ4n) is 7.19. The summed E-state index contributed by atoms with van der Waals surface area (Å²) in [6, 6.07) is 7.21. The SMILES string of the molecule is CCCCCC(C)(C)c1cc(C(=O)O)c([O-])c(C(C)(C)CCCCC)c1.CCCCCC(C)(C)c1cc(C(=O)O)c([O-])c(C(C)(C)CCCCC)c1.[Zn+2]. The average Bonchev–Trinajstić information content (AvgIpc) is 3.04. The first-order chi connectivity index (χ1) is 24.1. The largest absolute Gasteiger partial charge is 2.00 e. The minimum absolute atomic E-state index is 0. The van der Waals surface area contributed by atoms with E-state index in [1.165, 1.54) is 12.8 Å². The maximum absolute atomic E-state index is 12.8. The molecule has 53 heavy (non-hydrogen) atoms. The van der Waals surface area contributed by atoms with Gasteiger partial charge >= 0.3 is 31.4 Å². The first-order valence-electron chi connectivity index (χ1n) is 20.3. The van der Waals surface area contributed by atoms with Crippen molar-refractivity contribution in [2.24, 2.45) is 0 Å². The van der Waals surface area contributed by atoms with Gasteiger partial charge in [-0.2, -0.15) is 0 Å². The zero-order valence-corrected chi connectivity index (χ0v) is 38.8. The molecule has 0 unspecified atom stereocenters. The molecular weight excluding hydrogens is 714 g/mol. The second-order valence-electron chi connectivity index (χ2n) is 17.8. The summed E-state index contributed by atoms with van der Waals surface area (Å²) in [6.45, 7) is 25.6. The molecule has 0 saturated heterocycles. The van der Waals surface area contributed by atoms with Crippen LogP contribution in [0.3, 0.4) is 0 Å². The molecule has 0 aromatic heterocycles. The Kier molecular flexibility index (Phi) is 21.8. The standard InChI is InChI=1S/2C23H38O3.Zn/c2*1-7-9-11-13-22(3,4)17-15-18(21(25)26)20(24)19(16-17)23(5,6)14-12-10-8-2;/h2*15-16,24H,7-14H2,1-6H3,(H,25,26);/q;;+2/p-2. The summed E-state index contributed by atoms with van der Waals surface area (Å²) < 4.78 is 0. The predicted octanol–water partition coefficient (Wildman–Crippen LogP) is 12.3. The van der Waals surface area contributed by atoms with E-state index in [1.807, 2.05) is 12.1 Å². The van der Waals surface area contributed by atoms with Gasteiger partial charge in [-0.05, 0) is 81.7 Å². The van der Waals surface area contributed by atoms with Gasteiger partial charge in [-0.3, -0.25) is 0 Å². The van der Waals surface area contributed by atoms with E-state index >= 15 is 0 Å². The normalized spacial score (nSPS) is 12.2. The molecule has 0 bridgehead atoms. The zero-order valence-electron chi connectivity index (χ0n) is 35.9. The van der Waals surface area contributed by atoms with Crippen LogP contribution in [-0.2, 0) is 41.1 Å². The van der Waals surface area contributed by atoms with Crippen molar-refractivity contribution in [3.05, 3.63) is 57.6 Å². The van der Waals surface area contributed by atoms with Crippen molar-refractivity contribution >= 4 is 11.9 Å². The smallest absolute Gasteiger partial charge is 0.872 e. The third kappa shape index (κ3) is 15.3. The summed E-state index contributed by atoms with van der Waals surface area (Å²) in [5.41, 5.74) is 2.21. The molecule has 2 rings (SSSR count). The number of aromatic carboxylic acids is 2. The maximum atomic E-state index is 12.8. The molecule has 0 fully saturated rings. The molecule has 6 nitrogen and oxygen atoms in total. The van der Waals surface area contributed by atoms with Crippen molar-refractivity contribution in [3.63, 3.8) is 0 Å². The van der Waals surface area contributed by atoms with Crippen LogP contribution in [0.4, 0.5) is 0 Å². The molecule has 0 radical (unpaired) electrons. The Labute approximate surface area is 336 Å². The summed E-state index contributed by atoms with van der Waals surface area (Å²) in [7, 11) is 0. The van der Waals surface area contributed by atoms with Crippen molar-refractivity contribution in [1.82, 2.24) is 0 Å². The molecule has 0 atom stereocenters. The van der Waals surface area contributed by atoms with E-state index in [1.54, 1.807) is 12.1 Å². The van der Waals surface area contributed by atoms with Gasteiger partial charge in [0.2, 0.25) is 0 Å². The number of carboxylic acids is 2. The molecule has 296 valence electrons. The Morgan fingerprint density at radius 1 is 0.472 bits per heavy atom. The van der Waals surface area contributed by atoms with E-state index in [4.69, 9.17) is 0 Å². The van der Waals surface area contributed by atoms with Crippen LogP contribution in [0.15, 0.2) is 24.3 Å². The Morgan fingerprint density at radius 2 is 0.717 bits per heavy atom. The molecule has 0 heterocycles. The fraction of sp³-hybridized carbons (Fsp3) is 0.696. The van der Waals surface area contributed by atoms with Crippen molar-refractivity contribution in [3.8, 4) is 11.5 Å². The first kappa shape index (κ1) is 50.6. The summed E-state index contributed by atoms with van der Waals surface area (Å²) >= 11 is 0. The van der Waals surface area contributed by atoms with Crippen LogP contribution in [0.5, 0.6) is 11.5 Å². The number of unbranched alkanes of at least 4 members (excludes halogenated alkanes) is 8. The van der Waals surface area contributed by atoms with E-state index in [9.17, 15) is 30.0 Å². The Hall–Kier alpha value is -2.40. The third-order valence-electron chi connectivity index (χ3n) is 11.3. The van der Waals surface area contributed by atoms with Crippen LogP contribution < -0.4 is 10.2 Å². The maximum Gasteiger partial charge on any atom is 2.00 e. The molecule has 2 aromatic carbocycles. The molecular formula is C46H74O6Zn. The quantitative estimate of drug-likeness (QED) is 0.0905. The summed E-state index contributed by atoms with van der Waals surface area (Å²) in [5, 5.41) is 44.8. The van der Waals surface area contributed by atoms with E-state index in [0.29, 0.717) is 11.1 Å².